The van der Waals surface area contributed by atoms with Crippen LogP contribution in [0.4, 0.5) is 0 Å². The van der Waals surface area contributed by atoms with E-state index in [1.54, 1.807) is 17.7 Å². The largest absolute Gasteiger partial charge is 0.506 e. The number of Topliss-reactive ketones (excluding diaryl/α,β-unsaturated/α-hetero) is 1. The number of halogens is 2. The molecule has 2 aromatic rings. The fourth-order valence-electron chi connectivity index (χ4n) is 2.03. The second-order valence-corrected chi connectivity index (χ2v) is 8.89. The van der Waals surface area contributed by atoms with Gasteiger partial charge in [0.1, 0.15) is 16.7 Å². The average Bonchev–Trinajstić information content (AvgIpc) is 3.05. The fraction of sp³-hybridized carbons (Fsp3) is 0.0714. The molecule has 0 aliphatic carbocycles. The number of benzene rings is 1. The summed E-state index contributed by atoms with van der Waals surface area (Å²) in [6.07, 6.45) is 3.30. The van der Waals surface area contributed by atoms with Crippen LogP contribution in [0.1, 0.15) is 16.5 Å². The third-order valence-corrected chi connectivity index (χ3v) is 6.31. The van der Waals surface area contributed by atoms with Gasteiger partial charge in [-0.15, -0.1) is 11.3 Å². The zero-order valence-corrected chi connectivity index (χ0v) is 16.8. The molecule has 0 saturated carbocycles. The Labute approximate surface area is 162 Å². The van der Waals surface area contributed by atoms with E-state index in [9.17, 15) is 9.90 Å². The Morgan fingerprint density at radius 3 is 2.82 bits per heavy atom. The molecule has 1 aliphatic rings. The highest BCUT2D eigenvalue weighted by atomic mass is 127. The number of carbonyl (C=O) groups excluding carboxylic acids is 1. The number of ketones is 1. The lowest BCUT2D eigenvalue weighted by molar-refractivity contribution is -0.114. The molecule has 1 atom stereocenters. The first-order valence-corrected chi connectivity index (χ1v) is 9.92. The summed E-state index contributed by atoms with van der Waals surface area (Å²) in [6, 6.07) is 3.68. The summed E-state index contributed by atoms with van der Waals surface area (Å²) in [5.41, 5.74) is 0.597. The zero-order chi connectivity index (χ0) is 15.9. The number of nitrogens with zero attached hydrogens (tertiary/aromatic N) is 1. The Morgan fingerprint density at radius 2 is 2.14 bits per heavy atom. The highest BCUT2D eigenvalue weighted by molar-refractivity contribution is 14.1. The van der Waals surface area contributed by atoms with Crippen LogP contribution in [0, 0.1) is 12.5 Å². The first-order chi connectivity index (χ1) is 10.5. The number of aromatic hydroxyl groups is 1. The maximum Gasteiger partial charge on any atom is 0.186 e. The second-order valence-electron chi connectivity index (χ2n) is 4.47. The van der Waals surface area contributed by atoms with E-state index < -0.39 is 5.92 Å². The third-order valence-electron chi connectivity index (χ3n) is 3.03. The molecule has 1 aromatic carbocycles. The second kappa shape index (κ2) is 6.57. The number of thioether (sulfide) groups is 1. The third kappa shape index (κ3) is 3.10. The van der Waals surface area contributed by atoms with Gasteiger partial charge in [0.15, 0.2) is 5.78 Å². The quantitative estimate of drug-likeness (QED) is 0.425. The molecule has 112 valence electrons. The molecule has 4 nitrogen and oxygen atoms in total. The van der Waals surface area contributed by atoms with E-state index in [0.717, 1.165) is 18.9 Å². The van der Waals surface area contributed by atoms with Crippen LogP contribution in [-0.4, -0.2) is 20.9 Å². The van der Waals surface area contributed by atoms with E-state index in [4.69, 9.17) is 5.41 Å². The number of rotatable bonds is 2. The Kier molecular flexibility index (Phi) is 4.90. The summed E-state index contributed by atoms with van der Waals surface area (Å²) in [5, 5.41) is 20.9. The predicted octanol–water partition coefficient (Wildman–Crippen LogP) is 4.48. The van der Waals surface area contributed by atoms with Crippen LogP contribution in [-0.2, 0) is 4.79 Å². The lowest BCUT2D eigenvalue weighted by Gasteiger charge is -2.04. The minimum atomic E-state index is -0.597. The monoisotopic (exact) mass is 554 g/mol. The molecule has 0 amide bonds. The normalized spacial score (nSPS) is 20.1. The molecule has 8 heteroatoms. The molecule has 0 radical (unpaired) electrons. The number of nitrogens with one attached hydrogen (secondary N) is 1. The van der Waals surface area contributed by atoms with Gasteiger partial charge < -0.3 is 5.11 Å². The van der Waals surface area contributed by atoms with Crippen LogP contribution in [0.2, 0.25) is 0 Å². The Morgan fingerprint density at radius 1 is 1.36 bits per heavy atom. The van der Waals surface area contributed by atoms with E-state index in [-0.39, 0.29) is 16.6 Å². The maximum absolute atomic E-state index is 12.6. The summed E-state index contributed by atoms with van der Waals surface area (Å²) >= 11 is 6.75. The molecule has 1 aromatic heterocycles. The van der Waals surface area contributed by atoms with Crippen molar-refractivity contribution < 1.29 is 9.90 Å². The Balaban J connectivity index is 2.00. The molecule has 1 saturated heterocycles. The predicted molar refractivity (Wildman–Crippen MR) is 107 cm³/mol. The van der Waals surface area contributed by atoms with Crippen LogP contribution in [0.25, 0.3) is 6.08 Å². The van der Waals surface area contributed by atoms with Crippen molar-refractivity contribution in [1.29, 1.82) is 5.41 Å². The minimum absolute atomic E-state index is 0.127. The van der Waals surface area contributed by atoms with Crippen LogP contribution >= 0.6 is 68.3 Å². The summed E-state index contributed by atoms with van der Waals surface area (Å²) < 4.78 is 1.71. The lowest BCUT2D eigenvalue weighted by Crippen LogP contribution is -2.11. The molecule has 0 unspecified atom stereocenters. The highest BCUT2D eigenvalue weighted by Gasteiger charge is 2.38. The number of hydrogen-bond donors (Lipinski definition) is 2. The van der Waals surface area contributed by atoms with E-state index in [0.29, 0.717) is 15.5 Å². The molecule has 0 spiro atoms. The Hall–Kier alpha value is -0.460. The van der Waals surface area contributed by atoms with Crippen LogP contribution < -0.4 is 0 Å². The van der Waals surface area contributed by atoms with Crippen molar-refractivity contribution in [1.82, 2.24) is 4.98 Å². The Bertz CT molecular complexity index is 803. The summed E-state index contributed by atoms with van der Waals surface area (Å²) in [6.45, 7) is 0. The van der Waals surface area contributed by atoms with Gasteiger partial charge in [-0.2, -0.15) is 0 Å². The number of phenols is 1. The van der Waals surface area contributed by atoms with Gasteiger partial charge in [-0.05, 0) is 63.4 Å². The summed E-state index contributed by atoms with van der Waals surface area (Å²) in [5.74, 6) is -0.565. The standard InChI is InChI=1S/C14H8I2N2O2S2/c15-7-3-6(11(19)8(16)5-7)4-9-12(20)10(13(17)22-9)14-18-1-2-21-14/h1-5,10,17,19H/b9-4-,17-13?/t10-/m1/s1. The number of thiazole rings is 1. The van der Waals surface area contributed by atoms with E-state index >= 15 is 0 Å². The van der Waals surface area contributed by atoms with Gasteiger partial charge in [0.05, 0.1) is 13.5 Å². The molecular weight excluding hydrogens is 546 g/mol. The van der Waals surface area contributed by atoms with Gasteiger partial charge in [0.2, 0.25) is 0 Å². The average molecular weight is 554 g/mol. The van der Waals surface area contributed by atoms with E-state index in [2.05, 4.69) is 50.2 Å². The topological polar surface area (TPSA) is 74.0 Å². The maximum atomic E-state index is 12.6. The summed E-state index contributed by atoms with van der Waals surface area (Å²) in [4.78, 5) is 17.2. The van der Waals surface area contributed by atoms with Gasteiger partial charge >= 0.3 is 0 Å². The molecule has 1 fully saturated rings. The highest BCUT2D eigenvalue weighted by Crippen LogP contribution is 2.42. The van der Waals surface area contributed by atoms with Crippen molar-refractivity contribution in [2.75, 3.05) is 0 Å². The van der Waals surface area contributed by atoms with Crippen LogP contribution in [0.3, 0.4) is 0 Å². The number of carbonyl (C=O) groups is 1. The number of allylic oxidation sites excluding steroid dienone is 1. The lowest BCUT2D eigenvalue weighted by atomic mass is 10.0. The first-order valence-electron chi connectivity index (χ1n) is 6.07. The molecule has 3 rings (SSSR count). The van der Waals surface area contributed by atoms with E-state index in [1.165, 1.54) is 11.3 Å². The van der Waals surface area contributed by atoms with Crippen molar-refractivity contribution in [3.63, 3.8) is 0 Å². The molecular formula is C14H8I2N2O2S2. The smallest absolute Gasteiger partial charge is 0.186 e. The van der Waals surface area contributed by atoms with Crippen molar-refractivity contribution in [3.05, 3.63) is 46.3 Å². The number of hydrogen-bond acceptors (Lipinski definition) is 6. The fourth-order valence-corrected chi connectivity index (χ4v) is 5.71. The zero-order valence-electron chi connectivity index (χ0n) is 10.8. The number of aromatic nitrogens is 1. The van der Waals surface area contributed by atoms with E-state index in [1.807, 2.05) is 12.1 Å². The van der Waals surface area contributed by atoms with Crippen molar-refractivity contribution in [2.45, 2.75) is 5.92 Å². The van der Waals surface area contributed by atoms with Crippen LogP contribution in [0.15, 0.2) is 28.6 Å². The van der Waals surface area contributed by atoms with Crippen molar-refractivity contribution in [2.24, 2.45) is 0 Å². The first kappa shape index (κ1) is 16.4. The van der Waals surface area contributed by atoms with Crippen LogP contribution in [0.5, 0.6) is 5.75 Å². The molecule has 0 bridgehead atoms. The number of phenolic OH excluding ortho intramolecular Hbond substituents is 1. The molecule has 2 N–H and O–H groups in total. The molecule has 1 aliphatic heterocycles. The summed E-state index contributed by atoms with van der Waals surface area (Å²) in [7, 11) is 0. The SMILES string of the molecule is N=C1S/C(=C\c2cc(I)cc(I)c2O)C(=O)[C@H]1c1nccs1. The molecule has 2 heterocycles. The van der Waals surface area contributed by atoms with Gasteiger partial charge in [0, 0.05) is 20.7 Å². The van der Waals surface area contributed by atoms with Gasteiger partial charge in [-0.1, -0.05) is 11.8 Å². The van der Waals surface area contributed by atoms with Gasteiger partial charge in [-0.25, -0.2) is 4.98 Å². The van der Waals surface area contributed by atoms with Gasteiger partial charge in [-0.3, -0.25) is 10.2 Å². The van der Waals surface area contributed by atoms with Gasteiger partial charge in [0.25, 0.3) is 0 Å². The molecule has 22 heavy (non-hydrogen) atoms. The van der Waals surface area contributed by atoms with Crippen molar-refractivity contribution >= 4 is 85.2 Å². The minimum Gasteiger partial charge on any atom is -0.506 e. The van der Waals surface area contributed by atoms with Crippen molar-refractivity contribution in [3.8, 4) is 5.75 Å².